The van der Waals surface area contributed by atoms with E-state index in [1.54, 1.807) is 13.0 Å². The van der Waals surface area contributed by atoms with Gasteiger partial charge in [-0.3, -0.25) is 4.79 Å². The number of anilines is 1. The lowest BCUT2D eigenvalue weighted by atomic mass is 10.1. The van der Waals surface area contributed by atoms with Gasteiger partial charge in [-0.05, 0) is 43.2 Å². The fraction of sp³-hybridized carbons (Fsp3) is 0.200. The van der Waals surface area contributed by atoms with Gasteiger partial charge < -0.3 is 14.8 Å². The number of esters is 1. The zero-order valence-electron chi connectivity index (χ0n) is 18.4. The van der Waals surface area contributed by atoms with E-state index in [0.717, 1.165) is 22.9 Å². The van der Waals surface area contributed by atoms with Crippen LogP contribution in [0.5, 0.6) is 5.75 Å². The number of hydrogen-bond donors (Lipinski definition) is 1. The van der Waals surface area contributed by atoms with E-state index in [-0.39, 0.29) is 24.6 Å². The number of hydrogen-bond acceptors (Lipinski definition) is 6. The first-order valence-electron chi connectivity index (χ1n) is 10.7. The van der Waals surface area contributed by atoms with Crippen LogP contribution in [-0.2, 0) is 16.0 Å². The zero-order valence-corrected chi connectivity index (χ0v) is 18.4. The van der Waals surface area contributed by atoms with E-state index in [1.807, 2.05) is 61.5 Å². The molecule has 8 heteroatoms. The maximum atomic E-state index is 12.8. The molecule has 0 radical (unpaired) electrons. The van der Waals surface area contributed by atoms with Gasteiger partial charge in [-0.15, -0.1) is 0 Å². The number of benzene rings is 2. The maximum Gasteiger partial charge on any atom is 0.343 e. The van der Waals surface area contributed by atoms with Crippen LogP contribution in [-0.4, -0.2) is 39.9 Å². The van der Waals surface area contributed by atoms with E-state index < -0.39 is 11.9 Å². The molecule has 0 aliphatic carbocycles. The zero-order chi connectivity index (χ0) is 23.2. The average molecular weight is 444 g/mol. The lowest BCUT2D eigenvalue weighted by Crippen LogP contribution is -2.24. The SMILES string of the molecule is CCOC(=O)c1cnn(-c2ccc3ccccc3n2)c1NC(=O)COc1ccccc1CC. The Balaban J connectivity index is 1.62. The molecule has 0 saturated heterocycles. The highest BCUT2D eigenvalue weighted by Gasteiger charge is 2.22. The number of amides is 1. The Kier molecular flexibility index (Phi) is 6.64. The van der Waals surface area contributed by atoms with Gasteiger partial charge in [0.1, 0.15) is 11.3 Å². The van der Waals surface area contributed by atoms with Gasteiger partial charge in [0.25, 0.3) is 5.91 Å². The van der Waals surface area contributed by atoms with E-state index in [4.69, 9.17) is 9.47 Å². The molecular formula is C25H24N4O4. The number of nitrogens with zero attached hydrogens (tertiary/aromatic N) is 3. The number of pyridine rings is 1. The van der Waals surface area contributed by atoms with Crippen LogP contribution in [0.4, 0.5) is 5.82 Å². The standard InChI is InChI=1S/C25H24N4O4/c1-3-17-9-6-8-12-21(17)33-16-23(30)28-24-19(25(31)32-4-2)15-26-29(24)22-14-13-18-10-5-7-11-20(18)27-22/h5-15H,3-4,16H2,1-2H3,(H,28,30). The number of carbonyl (C=O) groups excluding carboxylic acids is 2. The smallest absolute Gasteiger partial charge is 0.343 e. The number of para-hydroxylation sites is 2. The quantitative estimate of drug-likeness (QED) is 0.410. The van der Waals surface area contributed by atoms with Crippen LogP contribution < -0.4 is 10.1 Å². The molecule has 2 aromatic heterocycles. The molecule has 2 aromatic carbocycles. The minimum atomic E-state index is -0.586. The second kappa shape index (κ2) is 9.95. The molecule has 0 fully saturated rings. The predicted molar refractivity (Wildman–Crippen MR) is 125 cm³/mol. The number of fused-ring (bicyclic) bond motifs is 1. The molecule has 0 bridgehead atoms. The third-order valence-electron chi connectivity index (χ3n) is 5.04. The summed E-state index contributed by atoms with van der Waals surface area (Å²) < 4.78 is 12.3. The summed E-state index contributed by atoms with van der Waals surface area (Å²) in [6, 6.07) is 18.9. The van der Waals surface area contributed by atoms with Crippen molar-refractivity contribution >= 4 is 28.6 Å². The fourth-order valence-corrected chi connectivity index (χ4v) is 3.42. The van der Waals surface area contributed by atoms with E-state index >= 15 is 0 Å². The number of rotatable bonds is 8. The minimum absolute atomic E-state index is 0.133. The summed E-state index contributed by atoms with van der Waals surface area (Å²) >= 11 is 0. The molecule has 2 heterocycles. The Hall–Kier alpha value is -4.20. The molecule has 0 aliphatic rings. The minimum Gasteiger partial charge on any atom is -0.483 e. The monoisotopic (exact) mass is 444 g/mol. The van der Waals surface area contributed by atoms with Crippen molar-refractivity contribution in [2.24, 2.45) is 0 Å². The summed E-state index contributed by atoms with van der Waals surface area (Å²) in [6.07, 6.45) is 2.14. The number of nitrogens with one attached hydrogen (secondary N) is 1. The second-order valence-corrected chi connectivity index (χ2v) is 7.20. The van der Waals surface area contributed by atoms with Crippen molar-refractivity contribution in [3.05, 3.63) is 78.0 Å². The third kappa shape index (κ3) is 4.85. The normalized spacial score (nSPS) is 10.7. The third-order valence-corrected chi connectivity index (χ3v) is 5.04. The highest BCUT2D eigenvalue weighted by Crippen LogP contribution is 2.23. The van der Waals surface area contributed by atoms with Crippen LogP contribution in [0.15, 0.2) is 66.9 Å². The Morgan fingerprint density at radius 2 is 1.79 bits per heavy atom. The van der Waals surface area contributed by atoms with Gasteiger partial charge >= 0.3 is 5.97 Å². The Bertz CT molecular complexity index is 1300. The van der Waals surface area contributed by atoms with Crippen LogP contribution in [0.3, 0.4) is 0 Å². The van der Waals surface area contributed by atoms with Crippen LogP contribution in [0.1, 0.15) is 29.8 Å². The Labute approximate surface area is 191 Å². The van der Waals surface area contributed by atoms with Crippen molar-refractivity contribution < 1.29 is 19.1 Å². The van der Waals surface area contributed by atoms with E-state index in [2.05, 4.69) is 15.4 Å². The molecule has 0 aliphatic heterocycles. The van der Waals surface area contributed by atoms with Crippen molar-refractivity contribution in [2.45, 2.75) is 20.3 Å². The van der Waals surface area contributed by atoms with E-state index in [1.165, 1.54) is 10.9 Å². The first kappa shape index (κ1) is 22.0. The summed E-state index contributed by atoms with van der Waals surface area (Å²) in [5.41, 5.74) is 1.90. The van der Waals surface area contributed by atoms with Gasteiger partial charge in [0.05, 0.1) is 18.3 Å². The van der Waals surface area contributed by atoms with Crippen LogP contribution >= 0.6 is 0 Å². The molecule has 33 heavy (non-hydrogen) atoms. The summed E-state index contributed by atoms with van der Waals surface area (Å²) in [5.74, 6) is 0.252. The first-order valence-corrected chi connectivity index (χ1v) is 10.7. The highest BCUT2D eigenvalue weighted by molar-refractivity contribution is 6.01. The van der Waals surface area contributed by atoms with Gasteiger partial charge in [0, 0.05) is 5.39 Å². The molecule has 0 atom stereocenters. The summed E-state index contributed by atoms with van der Waals surface area (Å²) in [7, 11) is 0. The van der Waals surface area contributed by atoms with Crippen LogP contribution in [0.25, 0.3) is 16.7 Å². The first-order chi connectivity index (χ1) is 16.1. The molecule has 0 unspecified atom stereocenters. The van der Waals surface area contributed by atoms with Crippen molar-refractivity contribution in [2.75, 3.05) is 18.5 Å². The van der Waals surface area contributed by atoms with E-state index in [0.29, 0.717) is 11.6 Å². The molecule has 0 spiro atoms. The molecule has 1 amide bonds. The topological polar surface area (TPSA) is 95.3 Å². The van der Waals surface area contributed by atoms with Gasteiger partial charge in [-0.2, -0.15) is 9.78 Å². The number of ether oxygens (including phenoxy) is 2. The van der Waals surface area contributed by atoms with E-state index in [9.17, 15) is 9.59 Å². The molecule has 1 N–H and O–H groups in total. The summed E-state index contributed by atoms with van der Waals surface area (Å²) in [5, 5.41) is 8.01. The molecule has 168 valence electrons. The lowest BCUT2D eigenvalue weighted by molar-refractivity contribution is -0.118. The predicted octanol–water partition coefficient (Wildman–Crippen LogP) is 4.18. The number of aromatic nitrogens is 3. The van der Waals surface area contributed by atoms with Crippen LogP contribution in [0, 0.1) is 0 Å². The Morgan fingerprint density at radius 3 is 2.61 bits per heavy atom. The maximum absolute atomic E-state index is 12.8. The van der Waals surface area contributed by atoms with Gasteiger partial charge in [0.2, 0.25) is 0 Å². The fourth-order valence-electron chi connectivity index (χ4n) is 3.42. The highest BCUT2D eigenvalue weighted by atomic mass is 16.5. The molecule has 0 saturated carbocycles. The average Bonchev–Trinajstić information content (AvgIpc) is 3.26. The van der Waals surface area contributed by atoms with Crippen molar-refractivity contribution in [3.63, 3.8) is 0 Å². The largest absolute Gasteiger partial charge is 0.483 e. The van der Waals surface area contributed by atoms with Crippen molar-refractivity contribution in [1.29, 1.82) is 0 Å². The van der Waals surface area contributed by atoms with Gasteiger partial charge in [-0.25, -0.2) is 9.78 Å². The second-order valence-electron chi connectivity index (χ2n) is 7.20. The molecular weight excluding hydrogens is 420 g/mol. The molecule has 4 aromatic rings. The van der Waals surface area contributed by atoms with Crippen molar-refractivity contribution in [3.8, 4) is 11.6 Å². The van der Waals surface area contributed by atoms with Crippen molar-refractivity contribution in [1.82, 2.24) is 14.8 Å². The summed E-state index contributed by atoms with van der Waals surface area (Å²) in [4.78, 5) is 29.9. The number of carbonyl (C=O) groups is 2. The Morgan fingerprint density at radius 1 is 1.00 bits per heavy atom. The molecule has 4 rings (SSSR count). The van der Waals surface area contributed by atoms with Gasteiger partial charge in [0.15, 0.2) is 18.2 Å². The van der Waals surface area contributed by atoms with Gasteiger partial charge in [-0.1, -0.05) is 43.3 Å². The lowest BCUT2D eigenvalue weighted by Gasteiger charge is -2.13. The molecule has 8 nitrogen and oxygen atoms in total. The summed E-state index contributed by atoms with van der Waals surface area (Å²) in [6.45, 7) is 3.70. The number of aryl methyl sites for hydroxylation is 1. The van der Waals surface area contributed by atoms with Crippen LogP contribution in [0.2, 0.25) is 0 Å².